The molecular formula is C16H15FN2O. The minimum atomic E-state index is -0.368. The van der Waals surface area contributed by atoms with E-state index in [1.807, 2.05) is 30.3 Å². The zero-order valence-electron chi connectivity index (χ0n) is 10.9. The van der Waals surface area contributed by atoms with Crippen LogP contribution in [-0.4, -0.2) is 12.1 Å². The molecule has 2 rings (SSSR count). The third-order valence-electron chi connectivity index (χ3n) is 2.77. The van der Waals surface area contributed by atoms with Crippen molar-refractivity contribution < 1.29 is 9.18 Å². The molecule has 0 aliphatic carbocycles. The van der Waals surface area contributed by atoms with Crippen molar-refractivity contribution in [3.05, 3.63) is 71.5 Å². The number of amides is 1. The Labute approximate surface area is 117 Å². The molecule has 0 saturated heterocycles. The second-order valence-corrected chi connectivity index (χ2v) is 4.28. The third-order valence-corrected chi connectivity index (χ3v) is 2.77. The summed E-state index contributed by atoms with van der Waals surface area (Å²) >= 11 is 0. The quantitative estimate of drug-likeness (QED) is 0.658. The summed E-state index contributed by atoms with van der Waals surface area (Å²) in [5.41, 5.74) is 4.02. The van der Waals surface area contributed by atoms with E-state index in [1.54, 1.807) is 6.21 Å². The fraction of sp³-hybridized carbons (Fsp3) is 0.125. The highest BCUT2D eigenvalue weighted by molar-refractivity contribution is 5.94. The molecule has 0 unspecified atom stereocenters. The first-order valence-corrected chi connectivity index (χ1v) is 6.37. The zero-order valence-corrected chi connectivity index (χ0v) is 10.9. The monoisotopic (exact) mass is 270 g/mol. The van der Waals surface area contributed by atoms with E-state index in [-0.39, 0.29) is 11.7 Å². The summed E-state index contributed by atoms with van der Waals surface area (Å²) in [5.74, 6) is -0.714. The molecule has 1 amide bonds. The van der Waals surface area contributed by atoms with Gasteiger partial charge in [0.25, 0.3) is 5.91 Å². The van der Waals surface area contributed by atoms with E-state index >= 15 is 0 Å². The average molecular weight is 270 g/mol. The number of carbonyl (C=O) groups excluding carboxylic acids is 1. The fourth-order valence-corrected chi connectivity index (χ4v) is 1.71. The summed E-state index contributed by atoms with van der Waals surface area (Å²) in [4.78, 5) is 11.6. The molecular weight excluding hydrogens is 255 g/mol. The van der Waals surface area contributed by atoms with Gasteiger partial charge in [0.05, 0.1) is 0 Å². The molecule has 2 aromatic rings. The minimum absolute atomic E-state index is 0.346. The molecule has 0 aliphatic heterocycles. The van der Waals surface area contributed by atoms with E-state index in [0.717, 1.165) is 12.8 Å². The van der Waals surface area contributed by atoms with Gasteiger partial charge in [-0.2, -0.15) is 5.10 Å². The van der Waals surface area contributed by atoms with Crippen molar-refractivity contribution in [3.63, 3.8) is 0 Å². The average Bonchev–Trinajstić information content (AvgIpc) is 2.48. The van der Waals surface area contributed by atoms with Crippen LogP contribution in [0.15, 0.2) is 59.7 Å². The van der Waals surface area contributed by atoms with E-state index in [1.165, 1.54) is 29.8 Å². The fourth-order valence-electron chi connectivity index (χ4n) is 1.71. The Morgan fingerprint density at radius 2 is 1.80 bits per heavy atom. The summed E-state index contributed by atoms with van der Waals surface area (Å²) in [5, 5.41) is 3.87. The molecule has 20 heavy (non-hydrogen) atoms. The topological polar surface area (TPSA) is 41.5 Å². The molecule has 0 aromatic heterocycles. The first kappa shape index (κ1) is 13.9. The van der Waals surface area contributed by atoms with Crippen LogP contribution in [0.25, 0.3) is 0 Å². The lowest BCUT2D eigenvalue weighted by Gasteiger charge is -1.99. The van der Waals surface area contributed by atoms with Crippen LogP contribution in [0.3, 0.4) is 0 Å². The number of halogens is 1. The molecule has 0 atom stereocenters. The van der Waals surface area contributed by atoms with Crippen molar-refractivity contribution in [2.24, 2.45) is 5.10 Å². The number of rotatable bonds is 5. The number of benzene rings is 2. The number of hydrogen-bond acceptors (Lipinski definition) is 2. The molecule has 0 bridgehead atoms. The Morgan fingerprint density at radius 3 is 2.50 bits per heavy atom. The van der Waals surface area contributed by atoms with Gasteiger partial charge in [-0.1, -0.05) is 30.3 Å². The maximum Gasteiger partial charge on any atom is 0.271 e. The lowest BCUT2D eigenvalue weighted by Crippen LogP contribution is -2.17. The van der Waals surface area contributed by atoms with Crippen LogP contribution in [0, 0.1) is 5.82 Å². The third kappa shape index (κ3) is 4.31. The molecule has 0 radical (unpaired) electrons. The van der Waals surface area contributed by atoms with Gasteiger partial charge in [-0.3, -0.25) is 4.79 Å². The van der Waals surface area contributed by atoms with Crippen LogP contribution in [0.5, 0.6) is 0 Å². The molecule has 4 heteroatoms. The van der Waals surface area contributed by atoms with Crippen molar-refractivity contribution in [2.75, 3.05) is 0 Å². The van der Waals surface area contributed by atoms with Crippen molar-refractivity contribution in [3.8, 4) is 0 Å². The van der Waals surface area contributed by atoms with Gasteiger partial charge in [-0.15, -0.1) is 0 Å². The predicted octanol–water partition coefficient (Wildman–Crippen LogP) is 3.17. The number of aryl methyl sites for hydroxylation is 1. The Bertz CT molecular complexity index is 579. The van der Waals surface area contributed by atoms with E-state index in [9.17, 15) is 9.18 Å². The summed E-state index contributed by atoms with van der Waals surface area (Å²) in [6, 6.07) is 15.4. The zero-order chi connectivity index (χ0) is 14.2. The van der Waals surface area contributed by atoms with Crippen LogP contribution in [0.4, 0.5) is 4.39 Å². The summed E-state index contributed by atoms with van der Waals surface area (Å²) in [6.07, 6.45) is 3.28. The SMILES string of the molecule is O=C(NN=CCCc1ccccc1)c1ccc(F)cc1. The second-order valence-electron chi connectivity index (χ2n) is 4.28. The molecule has 0 heterocycles. The van der Waals surface area contributed by atoms with Crippen LogP contribution in [0.1, 0.15) is 22.3 Å². The molecule has 0 aliphatic rings. The highest BCUT2D eigenvalue weighted by Gasteiger charge is 2.03. The van der Waals surface area contributed by atoms with Gasteiger partial charge >= 0.3 is 0 Å². The van der Waals surface area contributed by atoms with Crippen molar-refractivity contribution >= 4 is 12.1 Å². The van der Waals surface area contributed by atoms with Crippen LogP contribution in [0.2, 0.25) is 0 Å². The number of nitrogens with one attached hydrogen (secondary N) is 1. The first-order chi connectivity index (χ1) is 9.75. The largest absolute Gasteiger partial charge is 0.271 e. The summed E-state index contributed by atoms with van der Waals surface area (Å²) in [7, 11) is 0. The highest BCUT2D eigenvalue weighted by Crippen LogP contribution is 2.03. The summed E-state index contributed by atoms with van der Waals surface area (Å²) < 4.78 is 12.7. The Hall–Kier alpha value is -2.49. The van der Waals surface area contributed by atoms with Crippen LogP contribution >= 0.6 is 0 Å². The minimum Gasteiger partial charge on any atom is -0.267 e. The molecule has 2 aromatic carbocycles. The lowest BCUT2D eigenvalue weighted by molar-refractivity contribution is 0.0955. The van der Waals surface area contributed by atoms with Gasteiger partial charge in [0.2, 0.25) is 0 Å². The number of nitrogens with zero attached hydrogens (tertiary/aromatic N) is 1. The highest BCUT2D eigenvalue weighted by atomic mass is 19.1. The Kier molecular flexibility index (Phi) is 5.00. The first-order valence-electron chi connectivity index (χ1n) is 6.37. The number of hydrogen-bond donors (Lipinski definition) is 1. The van der Waals surface area contributed by atoms with Crippen LogP contribution < -0.4 is 5.43 Å². The standard InChI is InChI=1S/C16H15FN2O/c17-15-10-8-14(9-11-15)16(20)19-18-12-4-7-13-5-2-1-3-6-13/h1-3,5-6,8-12H,4,7H2,(H,19,20). The van der Waals surface area contributed by atoms with E-state index in [0.29, 0.717) is 5.56 Å². The van der Waals surface area contributed by atoms with Crippen molar-refractivity contribution in [1.29, 1.82) is 0 Å². The van der Waals surface area contributed by atoms with E-state index in [4.69, 9.17) is 0 Å². The molecule has 0 fully saturated rings. The molecule has 0 saturated carbocycles. The Morgan fingerprint density at radius 1 is 1.10 bits per heavy atom. The number of carbonyl (C=O) groups is 1. The molecule has 3 nitrogen and oxygen atoms in total. The second kappa shape index (κ2) is 7.19. The van der Waals surface area contributed by atoms with Crippen LogP contribution in [-0.2, 0) is 6.42 Å². The predicted molar refractivity (Wildman–Crippen MR) is 77.1 cm³/mol. The molecule has 102 valence electrons. The molecule has 1 N–H and O–H groups in total. The summed E-state index contributed by atoms with van der Waals surface area (Å²) in [6.45, 7) is 0. The van der Waals surface area contributed by atoms with Gasteiger partial charge in [0.15, 0.2) is 0 Å². The van der Waals surface area contributed by atoms with Gasteiger partial charge in [0, 0.05) is 11.8 Å². The lowest BCUT2D eigenvalue weighted by atomic mass is 10.1. The Balaban J connectivity index is 1.76. The maximum absolute atomic E-state index is 12.7. The smallest absolute Gasteiger partial charge is 0.267 e. The maximum atomic E-state index is 12.7. The molecule has 0 spiro atoms. The normalized spacial score (nSPS) is 10.7. The van der Waals surface area contributed by atoms with Crippen molar-refractivity contribution in [1.82, 2.24) is 5.43 Å². The van der Waals surface area contributed by atoms with Gasteiger partial charge < -0.3 is 0 Å². The van der Waals surface area contributed by atoms with E-state index in [2.05, 4.69) is 10.5 Å². The van der Waals surface area contributed by atoms with Crippen molar-refractivity contribution in [2.45, 2.75) is 12.8 Å². The van der Waals surface area contributed by atoms with Gasteiger partial charge in [0.1, 0.15) is 5.82 Å². The van der Waals surface area contributed by atoms with E-state index < -0.39 is 0 Å². The number of hydrazone groups is 1. The van der Waals surface area contributed by atoms with Gasteiger partial charge in [-0.25, -0.2) is 9.82 Å². The van der Waals surface area contributed by atoms with Gasteiger partial charge in [-0.05, 0) is 42.7 Å².